The monoisotopic (exact) mass is 333 g/mol. The Morgan fingerprint density at radius 3 is 2.74 bits per heavy atom. The van der Waals surface area contributed by atoms with Crippen LogP contribution in [0.2, 0.25) is 5.02 Å². The van der Waals surface area contributed by atoms with Gasteiger partial charge in [0, 0.05) is 30.3 Å². The maximum absolute atomic E-state index is 12.1. The van der Waals surface area contributed by atoms with E-state index in [0.29, 0.717) is 29.9 Å². The van der Waals surface area contributed by atoms with Crippen molar-refractivity contribution in [2.75, 3.05) is 13.2 Å². The average molecular weight is 334 g/mol. The zero-order valence-corrected chi connectivity index (χ0v) is 13.1. The van der Waals surface area contributed by atoms with E-state index in [1.807, 2.05) is 0 Å². The fourth-order valence-electron chi connectivity index (χ4n) is 2.25. The van der Waals surface area contributed by atoms with Crippen LogP contribution in [0.4, 0.5) is 0 Å². The van der Waals surface area contributed by atoms with E-state index >= 15 is 0 Å². The molecule has 7 heteroatoms. The molecule has 1 saturated heterocycles. The molecule has 120 valence electrons. The summed E-state index contributed by atoms with van der Waals surface area (Å²) >= 11 is 5.89. The molecule has 1 aromatic carbocycles. The summed E-state index contributed by atoms with van der Waals surface area (Å²) < 4.78 is 10.8. The van der Waals surface area contributed by atoms with Gasteiger partial charge in [0.05, 0.1) is 0 Å². The van der Waals surface area contributed by atoms with Crippen molar-refractivity contribution in [1.29, 1.82) is 0 Å². The second-order valence-electron chi connectivity index (χ2n) is 5.18. The number of carbonyl (C=O) groups excluding carboxylic acids is 1. The number of ether oxygens (including phenoxy) is 2. The highest BCUT2D eigenvalue weighted by atomic mass is 35.5. The summed E-state index contributed by atoms with van der Waals surface area (Å²) in [6.07, 6.45) is 1.63. The third-order valence-corrected chi connectivity index (χ3v) is 3.68. The lowest BCUT2D eigenvalue weighted by molar-refractivity contribution is 0.0693. The summed E-state index contributed by atoms with van der Waals surface area (Å²) in [5.74, 6) is 0.625. The Kier molecular flexibility index (Phi) is 5.05. The summed E-state index contributed by atoms with van der Waals surface area (Å²) in [4.78, 5) is 12.1. The highest BCUT2D eigenvalue weighted by Gasteiger charge is 2.18. The normalized spacial score (nSPS) is 15.2. The molecule has 3 rings (SSSR count). The van der Waals surface area contributed by atoms with Crippen molar-refractivity contribution in [2.24, 2.45) is 0 Å². The van der Waals surface area contributed by atoms with Gasteiger partial charge in [0.25, 0.3) is 5.91 Å². The van der Waals surface area contributed by atoms with Gasteiger partial charge in [0.1, 0.15) is 5.75 Å². The van der Waals surface area contributed by atoms with Crippen LogP contribution in [0.25, 0.3) is 0 Å². The Labute approximate surface area is 138 Å². The fourth-order valence-corrected chi connectivity index (χ4v) is 2.43. The summed E-state index contributed by atoms with van der Waals surface area (Å²) in [6.45, 7) is 1.34. The number of nitrogens with zero attached hydrogens (tertiary/aromatic N) is 2. The molecule has 1 amide bonds. The first-order valence-corrected chi connectivity index (χ1v) is 7.74. The third kappa shape index (κ3) is 4.40. The molecule has 2 aromatic rings. The number of benzene rings is 1. The SMILES string of the molecule is O=C(NC1CCOCC1)c1ccc(Oc2cccc(Cl)c2)nn1. The average Bonchev–Trinajstić information content (AvgIpc) is 2.56. The van der Waals surface area contributed by atoms with Crippen LogP contribution in [0.1, 0.15) is 23.3 Å². The highest BCUT2D eigenvalue weighted by Crippen LogP contribution is 2.22. The minimum Gasteiger partial charge on any atom is -0.437 e. The standard InChI is InChI=1S/C16H16ClN3O3/c17-11-2-1-3-13(10-11)23-15-5-4-14(19-20-15)16(21)18-12-6-8-22-9-7-12/h1-5,10,12H,6-9H2,(H,18,21). The number of hydrogen-bond acceptors (Lipinski definition) is 5. The molecule has 1 aliphatic rings. The lowest BCUT2D eigenvalue weighted by atomic mass is 10.1. The zero-order chi connectivity index (χ0) is 16.1. The van der Waals surface area contributed by atoms with Crippen LogP contribution in [0, 0.1) is 0 Å². The van der Waals surface area contributed by atoms with Gasteiger partial charge in [0.15, 0.2) is 5.69 Å². The smallest absolute Gasteiger partial charge is 0.272 e. The molecule has 0 bridgehead atoms. The van der Waals surface area contributed by atoms with E-state index in [9.17, 15) is 4.79 Å². The minimum atomic E-state index is -0.237. The van der Waals surface area contributed by atoms with Crippen LogP contribution >= 0.6 is 11.6 Å². The first-order valence-electron chi connectivity index (χ1n) is 7.36. The molecular formula is C16H16ClN3O3. The summed E-state index contributed by atoms with van der Waals surface area (Å²) in [7, 11) is 0. The number of rotatable bonds is 4. The number of carbonyl (C=O) groups is 1. The van der Waals surface area contributed by atoms with Crippen LogP contribution in [0.5, 0.6) is 11.6 Å². The van der Waals surface area contributed by atoms with Crippen molar-refractivity contribution >= 4 is 17.5 Å². The summed E-state index contributed by atoms with van der Waals surface area (Å²) in [6, 6.07) is 10.3. The minimum absolute atomic E-state index is 0.125. The van der Waals surface area contributed by atoms with E-state index in [2.05, 4.69) is 15.5 Å². The molecule has 0 radical (unpaired) electrons. The molecule has 0 unspecified atom stereocenters. The second-order valence-corrected chi connectivity index (χ2v) is 5.61. The number of halogens is 1. The Morgan fingerprint density at radius 1 is 1.22 bits per heavy atom. The van der Waals surface area contributed by atoms with Gasteiger partial charge < -0.3 is 14.8 Å². The molecule has 0 aliphatic carbocycles. The number of aromatic nitrogens is 2. The van der Waals surface area contributed by atoms with Crippen molar-refractivity contribution in [3.8, 4) is 11.6 Å². The number of hydrogen-bond donors (Lipinski definition) is 1. The van der Waals surface area contributed by atoms with Crippen LogP contribution < -0.4 is 10.1 Å². The second kappa shape index (κ2) is 7.39. The van der Waals surface area contributed by atoms with Gasteiger partial charge >= 0.3 is 0 Å². The largest absolute Gasteiger partial charge is 0.437 e. The topological polar surface area (TPSA) is 73.3 Å². The van der Waals surface area contributed by atoms with Crippen molar-refractivity contribution in [3.05, 3.63) is 47.1 Å². The van der Waals surface area contributed by atoms with E-state index in [1.54, 1.807) is 36.4 Å². The lowest BCUT2D eigenvalue weighted by Crippen LogP contribution is -2.39. The Balaban J connectivity index is 1.61. The molecule has 0 spiro atoms. The molecule has 1 fully saturated rings. The van der Waals surface area contributed by atoms with Gasteiger partial charge in [-0.2, -0.15) is 0 Å². The van der Waals surface area contributed by atoms with Crippen molar-refractivity contribution < 1.29 is 14.3 Å². The molecular weight excluding hydrogens is 318 g/mol. The van der Waals surface area contributed by atoms with E-state index in [0.717, 1.165) is 12.8 Å². The predicted octanol–water partition coefficient (Wildman–Crippen LogP) is 2.83. The number of amides is 1. The van der Waals surface area contributed by atoms with Crippen LogP contribution in [-0.2, 0) is 4.74 Å². The van der Waals surface area contributed by atoms with E-state index < -0.39 is 0 Å². The van der Waals surface area contributed by atoms with Gasteiger partial charge in [-0.3, -0.25) is 4.79 Å². The molecule has 23 heavy (non-hydrogen) atoms. The van der Waals surface area contributed by atoms with Gasteiger partial charge in [-0.05, 0) is 37.1 Å². The Hall–Kier alpha value is -2.18. The molecule has 1 N–H and O–H groups in total. The van der Waals surface area contributed by atoms with Crippen molar-refractivity contribution in [2.45, 2.75) is 18.9 Å². The van der Waals surface area contributed by atoms with Gasteiger partial charge in [-0.1, -0.05) is 17.7 Å². The van der Waals surface area contributed by atoms with Crippen LogP contribution in [-0.4, -0.2) is 35.4 Å². The van der Waals surface area contributed by atoms with Gasteiger partial charge in [-0.15, -0.1) is 10.2 Å². The molecule has 1 aromatic heterocycles. The highest BCUT2D eigenvalue weighted by molar-refractivity contribution is 6.30. The van der Waals surface area contributed by atoms with Crippen LogP contribution in [0.15, 0.2) is 36.4 Å². The molecule has 0 atom stereocenters. The fraction of sp³-hybridized carbons (Fsp3) is 0.312. The van der Waals surface area contributed by atoms with Crippen LogP contribution in [0.3, 0.4) is 0 Å². The quantitative estimate of drug-likeness (QED) is 0.931. The lowest BCUT2D eigenvalue weighted by Gasteiger charge is -2.22. The predicted molar refractivity (Wildman–Crippen MR) is 84.9 cm³/mol. The first kappa shape index (κ1) is 15.7. The first-order chi connectivity index (χ1) is 11.2. The van der Waals surface area contributed by atoms with Crippen molar-refractivity contribution in [1.82, 2.24) is 15.5 Å². The summed E-state index contributed by atoms with van der Waals surface area (Å²) in [5.41, 5.74) is 0.259. The maximum atomic E-state index is 12.1. The molecule has 6 nitrogen and oxygen atoms in total. The summed E-state index contributed by atoms with van der Waals surface area (Å²) in [5, 5.41) is 11.3. The Morgan fingerprint density at radius 2 is 2.04 bits per heavy atom. The van der Waals surface area contributed by atoms with Crippen molar-refractivity contribution in [3.63, 3.8) is 0 Å². The van der Waals surface area contributed by atoms with Gasteiger partial charge in [0.2, 0.25) is 5.88 Å². The zero-order valence-electron chi connectivity index (χ0n) is 12.4. The maximum Gasteiger partial charge on any atom is 0.272 e. The van der Waals surface area contributed by atoms with E-state index in [1.165, 1.54) is 0 Å². The molecule has 2 heterocycles. The van der Waals surface area contributed by atoms with Gasteiger partial charge in [-0.25, -0.2) is 0 Å². The third-order valence-electron chi connectivity index (χ3n) is 3.45. The van der Waals surface area contributed by atoms with E-state index in [-0.39, 0.29) is 17.6 Å². The van der Waals surface area contributed by atoms with E-state index in [4.69, 9.17) is 21.1 Å². The Bertz CT molecular complexity index is 673. The molecule has 0 saturated carbocycles. The number of nitrogens with one attached hydrogen (secondary N) is 1. The molecule has 1 aliphatic heterocycles.